The van der Waals surface area contributed by atoms with E-state index in [1.54, 1.807) is 19.2 Å². The van der Waals surface area contributed by atoms with E-state index >= 15 is 0 Å². The first-order valence-corrected chi connectivity index (χ1v) is 6.95. The number of hydrogen-bond donors (Lipinski definition) is 1. The highest BCUT2D eigenvalue weighted by Gasteiger charge is 2.25. The molecule has 20 heavy (non-hydrogen) atoms. The van der Waals surface area contributed by atoms with Gasteiger partial charge in [0.15, 0.2) is 11.9 Å². The molecule has 0 aromatic carbocycles. The SMILES string of the molecule is C[C@@H](OC(=O)c1cc(Br)c[nH]1)c1nc(C(C)(C)C)no1. The average molecular weight is 342 g/mol. The van der Waals surface area contributed by atoms with Crippen LogP contribution >= 0.6 is 15.9 Å². The summed E-state index contributed by atoms with van der Waals surface area (Å²) in [4.78, 5) is 18.9. The Hall–Kier alpha value is -1.63. The Morgan fingerprint density at radius 3 is 2.70 bits per heavy atom. The molecule has 0 aliphatic carbocycles. The average Bonchev–Trinajstić information content (AvgIpc) is 2.95. The molecule has 0 saturated heterocycles. The van der Waals surface area contributed by atoms with Crippen molar-refractivity contribution in [1.29, 1.82) is 0 Å². The number of carbonyl (C=O) groups is 1. The fourth-order valence-corrected chi connectivity index (χ4v) is 1.81. The summed E-state index contributed by atoms with van der Waals surface area (Å²) in [6.07, 6.45) is 1.05. The minimum Gasteiger partial charge on any atom is -0.448 e. The molecule has 6 nitrogen and oxygen atoms in total. The van der Waals surface area contributed by atoms with Crippen LogP contribution in [-0.2, 0) is 10.2 Å². The maximum absolute atomic E-state index is 11.9. The van der Waals surface area contributed by atoms with Crippen molar-refractivity contribution < 1.29 is 14.1 Å². The lowest BCUT2D eigenvalue weighted by molar-refractivity contribution is 0.0259. The van der Waals surface area contributed by atoms with Gasteiger partial charge in [-0.05, 0) is 28.9 Å². The molecule has 0 amide bonds. The summed E-state index contributed by atoms with van der Waals surface area (Å²) < 4.78 is 11.2. The Labute approximate surface area is 125 Å². The van der Waals surface area contributed by atoms with Crippen LogP contribution in [0.3, 0.4) is 0 Å². The number of halogens is 1. The molecule has 108 valence electrons. The molecule has 2 aromatic heterocycles. The number of hydrogen-bond acceptors (Lipinski definition) is 5. The lowest BCUT2D eigenvalue weighted by atomic mass is 9.96. The summed E-state index contributed by atoms with van der Waals surface area (Å²) in [6, 6.07) is 1.64. The van der Waals surface area contributed by atoms with E-state index in [1.165, 1.54) is 0 Å². The first-order chi connectivity index (χ1) is 9.27. The van der Waals surface area contributed by atoms with Crippen LogP contribution in [0.4, 0.5) is 0 Å². The van der Waals surface area contributed by atoms with Crippen molar-refractivity contribution >= 4 is 21.9 Å². The monoisotopic (exact) mass is 341 g/mol. The van der Waals surface area contributed by atoms with Crippen LogP contribution in [-0.4, -0.2) is 21.1 Å². The second-order valence-electron chi connectivity index (χ2n) is 5.49. The molecule has 0 fully saturated rings. The highest BCUT2D eigenvalue weighted by atomic mass is 79.9. The van der Waals surface area contributed by atoms with Gasteiger partial charge in [-0.1, -0.05) is 25.9 Å². The first kappa shape index (κ1) is 14.8. The predicted molar refractivity (Wildman–Crippen MR) is 75.3 cm³/mol. The van der Waals surface area contributed by atoms with Crippen molar-refractivity contribution in [2.75, 3.05) is 0 Å². The number of H-pyrrole nitrogens is 1. The second-order valence-corrected chi connectivity index (χ2v) is 6.40. The van der Waals surface area contributed by atoms with Gasteiger partial charge in [0.2, 0.25) is 0 Å². The maximum Gasteiger partial charge on any atom is 0.355 e. The number of rotatable bonds is 3. The van der Waals surface area contributed by atoms with E-state index in [0.29, 0.717) is 11.5 Å². The summed E-state index contributed by atoms with van der Waals surface area (Å²) in [5.74, 6) is 0.394. The fraction of sp³-hybridized carbons (Fsp3) is 0.462. The van der Waals surface area contributed by atoms with Crippen LogP contribution in [0.2, 0.25) is 0 Å². The molecule has 7 heteroatoms. The number of nitrogens with one attached hydrogen (secondary N) is 1. The van der Waals surface area contributed by atoms with E-state index in [0.717, 1.165) is 4.47 Å². The van der Waals surface area contributed by atoms with E-state index in [9.17, 15) is 4.79 Å². The Morgan fingerprint density at radius 1 is 1.50 bits per heavy atom. The van der Waals surface area contributed by atoms with Crippen molar-refractivity contribution in [1.82, 2.24) is 15.1 Å². The summed E-state index contributed by atoms with van der Waals surface area (Å²) in [6.45, 7) is 7.63. The Kier molecular flexibility index (Phi) is 3.99. The molecule has 1 atom stereocenters. The molecule has 1 N–H and O–H groups in total. The van der Waals surface area contributed by atoms with E-state index in [-0.39, 0.29) is 11.3 Å². The van der Waals surface area contributed by atoms with Crippen molar-refractivity contribution in [2.24, 2.45) is 0 Å². The topological polar surface area (TPSA) is 81.0 Å². The lowest BCUT2D eigenvalue weighted by Gasteiger charge is -2.11. The Morgan fingerprint density at radius 2 is 2.20 bits per heavy atom. The largest absolute Gasteiger partial charge is 0.448 e. The molecule has 0 radical (unpaired) electrons. The number of ether oxygens (including phenoxy) is 1. The molecule has 2 aromatic rings. The highest BCUT2D eigenvalue weighted by Crippen LogP contribution is 2.23. The van der Waals surface area contributed by atoms with Gasteiger partial charge in [0, 0.05) is 16.1 Å². The van der Waals surface area contributed by atoms with Gasteiger partial charge in [-0.2, -0.15) is 4.98 Å². The smallest absolute Gasteiger partial charge is 0.355 e. The van der Waals surface area contributed by atoms with Crippen molar-refractivity contribution in [3.63, 3.8) is 0 Å². The van der Waals surface area contributed by atoms with Gasteiger partial charge in [0.1, 0.15) is 5.69 Å². The predicted octanol–water partition coefficient (Wildman–Crippen LogP) is 3.38. The van der Waals surface area contributed by atoms with Gasteiger partial charge >= 0.3 is 5.97 Å². The number of aromatic amines is 1. The Balaban J connectivity index is 2.07. The van der Waals surface area contributed by atoms with Gasteiger partial charge in [-0.3, -0.25) is 0 Å². The third kappa shape index (κ3) is 3.27. The summed E-state index contributed by atoms with van der Waals surface area (Å²) in [5, 5.41) is 3.90. The maximum atomic E-state index is 11.9. The molecule has 0 aliphatic heterocycles. The van der Waals surface area contributed by atoms with E-state index in [1.807, 2.05) is 20.8 Å². The highest BCUT2D eigenvalue weighted by molar-refractivity contribution is 9.10. The van der Waals surface area contributed by atoms with Gasteiger partial charge in [0.05, 0.1) is 0 Å². The molecule has 0 spiro atoms. The van der Waals surface area contributed by atoms with Gasteiger partial charge in [-0.15, -0.1) is 0 Å². The van der Waals surface area contributed by atoms with Crippen LogP contribution in [0.1, 0.15) is 56.0 Å². The number of nitrogens with zero attached hydrogens (tertiary/aromatic N) is 2. The molecule has 0 aliphatic rings. The lowest BCUT2D eigenvalue weighted by Crippen LogP contribution is -2.14. The fourth-order valence-electron chi connectivity index (χ4n) is 1.47. The van der Waals surface area contributed by atoms with Gasteiger partial charge in [-0.25, -0.2) is 4.79 Å². The molecule has 0 unspecified atom stereocenters. The zero-order valence-electron chi connectivity index (χ0n) is 11.7. The third-order valence-electron chi connectivity index (χ3n) is 2.61. The normalized spacial score (nSPS) is 13.2. The zero-order valence-corrected chi connectivity index (χ0v) is 13.3. The number of aromatic nitrogens is 3. The minimum atomic E-state index is -0.604. The van der Waals surface area contributed by atoms with Crippen molar-refractivity contribution in [3.05, 3.63) is 34.1 Å². The van der Waals surface area contributed by atoms with E-state index < -0.39 is 12.1 Å². The number of esters is 1. The number of carbonyl (C=O) groups excluding carboxylic acids is 1. The summed E-state index contributed by atoms with van der Waals surface area (Å²) >= 11 is 3.26. The van der Waals surface area contributed by atoms with E-state index in [4.69, 9.17) is 9.26 Å². The molecule has 2 heterocycles. The minimum absolute atomic E-state index is 0.213. The van der Waals surface area contributed by atoms with Crippen molar-refractivity contribution in [3.8, 4) is 0 Å². The van der Waals surface area contributed by atoms with Crippen molar-refractivity contribution in [2.45, 2.75) is 39.2 Å². The second kappa shape index (κ2) is 5.40. The molecular weight excluding hydrogens is 326 g/mol. The van der Waals surface area contributed by atoms with Crippen LogP contribution in [0.15, 0.2) is 21.3 Å². The van der Waals surface area contributed by atoms with Gasteiger partial charge < -0.3 is 14.2 Å². The molecular formula is C13H16BrN3O3. The standard InChI is InChI=1S/C13H16BrN3O3/c1-7(10-16-12(17-20-10)13(2,3)4)19-11(18)9-5-8(14)6-15-9/h5-7,15H,1-4H3/t7-/m1/s1. The quantitative estimate of drug-likeness (QED) is 0.865. The molecule has 0 saturated carbocycles. The first-order valence-electron chi connectivity index (χ1n) is 6.16. The van der Waals surface area contributed by atoms with Crippen LogP contribution < -0.4 is 0 Å². The van der Waals surface area contributed by atoms with Crippen LogP contribution in [0.5, 0.6) is 0 Å². The third-order valence-corrected chi connectivity index (χ3v) is 3.07. The Bertz CT molecular complexity index is 612. The van der Waals surface area contributed by atoms with Gasteiger partial charge in [0.25, 0.3) is 5.89 Å². The van der Waals surface area contributed by atoms with Crippen LogP contribution in [0, 0.1) is 0 Å². The van der Waals surface area contributed by atoms with Crippen LogP contribution in [0.25, 0.3) is 0 Å². The zero-order chi connectivity index (χ0) is 14.9. The summed E-state index contributed by atoms with van der Waals surface area (Å²) in [5.41, 5.74) is 0.148. The molecule has 0 bridgehead atoms. The molecule has 2 rings (SSSR count). The summed E-state index contributed by atoms with van der Waals surface area (Å²) in [7, 11) is 0. The van der Waals surface area contributed by atoms with E-state index in [2.05, 4.69) is 31.1 Å².